The predicted molar refractivity (Wildman–Crippen MR) is 36.4 cm³/mol. The smallest absolute Gasteiger partial charge is 0.120 e. The molecular formula is C4H8BrClO2. The zero-order valence-corrected chi connectivity index (χ0v) is 6.74. The fourth-order valence-corrected chi connectivity index (χ4v) is 0.565. The van der Waals surface area contributed by atoms with Crippen LogP contribution in [-0.2, 0) is 9.47 Å². The van der Waals surface area contributed by atoms with Crippen LogP contribution in [-0.4, -0.2) is 24.8 Å². The van der Waals surface area contributed by atoms with Crippen LogP contribution < -0.4 is 0 Å². The summed E-state index contributed by atoms with van der Waals surface area (Å²) in [5, 5.41) is 0. The van der Waals surface area contributed by atoms with E-state index < -0.39 is 0 Å². The molecule has 0 aromatic heterocycles. The predicted octanol–water partition coefficient (Wildman–Crippen LogP) is 1.57. The second-order valence-corrected chi connectivity index (χ2v) is 1.71. The van der Waals surface area contributed by atoms with E-state index >= 15 is 0 Å². The minimum Gasteiger partial charge on any atom is -0.368 e. The van der Waals surface area contributed by atoms with Gasteiger partial charge in [0, 0.05) is 0 Å². The van der Waals surface area contributed by atoms with Crippen LogP contribution in [0.3, 0.4) is 0 Å². The average Bonchev–Trinajstić information content (AvgIpc) is 1.81. The molecule has 0 heterocycles. The number of hydrogen-bond acceptors (Lipinski definition) is 2. The van der Waals surface area contributed by atoms with E-state index in [1.54, 1.807) is 0 Å². The van der Waals surface area contributed by atoms with E-state index in [0.717, 1.165) is 0 Å². The Labute approximate surface area is 62.2 Å². The third-order valence-electron chi connectivity index (χ3n) is 0.526. The molecule has 0 radical (unpaired) electrons. The first-order chi connectivity index (χ1) is 3.91. The van der Waals surface area contributed by atoms with Crippen LogP contribution in [0.1, 0.15) is 0 Å². The zero-order valence-electron chi connectivity index (χ0n) is 4.40. The second kappa shape index (κ2) is 7.69. The third kappa shape index (κ3) is 6.69. The molecule has 0 unspecified atom stereocenters. The molecule has 0 N–H and O–H groups in total. The topological polar surface area (TPSA) is 18.5 Å². The zero-order chi connectivity index (χ0) is 6.24. The summed E-state index contributed by atoms with van der Waals surface area (Å²) in [6.45, 7) is 1.16. The highest BCUT2D eigenvalue weighted by Crippen LogP contribution is 1.83. The van der Waals surface area contributed by atoms with Crippen LogP contribution in [0.25, 0.3) is 0 Å². The van der Waals surface area contributed by atoms with E-state index in [2.05, 4.69) is 15.9 Å². The van der Waals surface area contributed by atoms with Gasteiger partial charge in [-0.3, -0.25) is 0 Å². The summed E-state index contributed by atoms with van der Waals surface area (Å²) in [7, 11) is 0. The number of halogens is 2. The fraction of sp³-hybridized carbons (Fsp3) is 1.00. The molecule has 4 heteroatoms. The lowest BCUT2D eigenvalue weighted by molar-refractivity contribution is 0.0884. The van der Waals surface area contributed by atoms with E-state index in [1.165, 1.54) is 0 Å². The Balaban J connectivity index is 2.53. The molecule has 0 fully saturated rings. The highest BCUT2D eigenvalue weighted by molar-refractivity contribution is 9.09. The molecule has 0 amide bonds. The van der Waals surface area contributed by atoms with Gasteiger partial charge in [-0.15, -0.1) is 0 Å². The van der Waals surface area contributed by atoms with Gasteiger partial charge in [-0.2, -0.15) is 0 Å². The lowest BCUT2D eigenvalue weighted by atomic mass is 10.8. The third-order valence-corrected chi connectivity index (χ3v) is 1.00. The average molecular weight is 203 g/mol. The van der Waals surface area contributed by atoms with Crippen LogP contribution in [0.2, 0.25) is 0 Å². The van der Waals surface area contributed by atoms with Gasteiger partial charge in [0.1, 0.15) is 11.6 Å². The van der Waals surface area contributed by atoms with E-state index in [0.29, 0.717) is 18.7 Å². The first-order valence-corrected chi connectivity index (χ1v) is 3.85. The van der Waals surface area contributed by atoms with Crippen LogP contribution in [0.15, 0.2) is 0 Å². The van der Waals surface area contributed by atoms with Gasteiger partial charge >= 0.3 is 0 Å². The molecule has 0 aliphatic carbocycles. The van der Waals surface area contributed by atoms with Crippen molar-refractivity contribution in [2.24, 2.45) is 0 Å². The SMILES string of the molecule is ClCOCCOCBr. The highest BCUT2D eigenvalue weighted by Gasteiger charge is 1.82. The van der Waals surface area contributed by atoms with Crippen molar-refractivity contribution in [1.82, 2.24) is 0 Å². The van der Waals surface area contributed by atoms with Crippen LogP contribution in [0.4, 0.5) is 0 Å². The molecule has 0 aliphatic rings. The Hall–Kier alpha value is 0.690. The maximum Gasteiger partial charge on any atom is 0.120 e. The molecule has 0 spiro atoms. The van der Waals surface area contributed by atoms with Crippen molar-refractivity contribution in [3.8, 4) is 0 Å². The second-order valence-electron chi connectivity index (χ2n) is 1.03. The monoisotopic (exact) mass is 202 g/mol. The summed E-state index contributed by atoms with van der Waals surface area (Å²) in [4.78, 5) is 0. The quantitative estimate of drug-likeness (QED) is 0.499. The summed E-state index contributed by atoms with van der Waals surface area (Å²) in [5.74, 6) is 0. The molecule has 0 saturated carbocycles. The molecule has 0 aromatic carbocycles. The molecule has 0 aliphatic heterocycles. The lowest BCUT2D eigenvalue weighted by Gasteiger charge is -1.97. The summed E-state index contributed by atoms with van der Waals surface area (Å²) < 4.78 is 9.62. The minimum absolute atomic E-state index is 0.242. The Kier molecular flexibility index (Phi) is 8.35. The van der Waals surface area contributed by atoms with E-state index in [9.17, 15) is 0 Å². The summed E-state index contributed by atoms with van der Waals surface area (Å²) >= 11 is 8.28. The minimum atomic E-state index is 0.242. The van der Waals surface area contributed by atoms with Gasteiger partial charge in [0.05, 0.1) is 13.2 Å². The Morgan fingerprint density at radius 1 is 1.25 bits per heavy atom. The van der Waals surface area contributed by atoms with E-state index in [-0.39, 0.29) is 6.07 Å². The normalized spacial score (nSPS) is 9.75. The molecule has 0 rings (SSSR count). The molecule has 2 nitrogen and oxygen atoms in total. The van der Waals surface area contributed by atoms with E-state index in [4.69, 9.17) is 21.1 Å². The Bertz CT molecular complexity index is 39.0. The van der Waals surface area contributed by atoms with Gasteiger partial charge < -0.3 is 9.47 Å². The molecular weight excluding hydrogens is 195 g/mol. The standard InChI is InChI=1S/C4H8BrClO2/c5-3-7-1-2-8-4-6/h1-4H2. The number of alkyl halides is 2. The number of hydrogen-bond donors (Lipinski definition) is 0. The molecule has 8 heavy (non-hydrogen) atoms. The van der Waals surface area contributed by atoms with Gasteiger partial charge in [-0.1, -0.05) is 27.5 Å². The van der Waals surface area contributed by atoms with Crippen molar-refractivity contribution in [3.63, 3.8) is 0 Å². The van der Waals surface area contributed by atoms with E-state index in [1.807, 2.05) is 0 Å². The lowest BCUT2D eigenvalue weighted by Crippen LogP contribution is -2.01. The summed E-state index contributed by atoms with van der Waals surface area (Å²) in [6, 6.07) is 0.242. The molecule has 0 saturated heterocycles. The Morgan fingerprint density at radius 3 is 2.38 bits per heavy atom. The van der Waals surface area contributed by atoms with Crippen molar-refractivity contribution >= 4 is 27.5 Å². The van der Waals surface area contributed by atoms with Crippen molar-refractivity contribution in [2.45, 2.75) is 0 Å². The van der Waals surface area contributed by atoms with Gasteiger partial charge in [0.15, 0.2) is 0 Å². The maximum atomic E-state index is 5.19. The number of ether oxygens (including phenoxy) is 2. The molecule has 0 bridgehead atoms. The van der Waals surface area contributed by atoms with Gasteiger partial charge in [-0.25, -0.2) is 0 Å². The van der Waals surface area contributed by atoms with Crippen LogP contribution in [0.5, 0.6) is 0 Å². The summed E-state index contributed by atoms with van der Waals surface area (Å²) in [5.41, 5.74) is 0.554. The van der Waals surface area contributed by atoms with Gasteiger partial charge in [0.25, 0.3) is 0 Å². The highest BCUT2D eigenvalue weighted by atomic mass is 79.9. The van der Waals surface area contributed by atoms with Gasteiger partial charge in [-0.05, 0) is 0 Å². The van der Waals surface area contributed by atoms with Gasteiger partial charge in [0.2, 0.25) is 0 Å². The van der Waals surface area contributed by atoms with Crippen molar-refractivity contribution in [3.05, 3.63) is 0 Å². The van der Waals surface area contributed by atoms with Crippen molar-refractivity contribution in [2.75, 3.05) is 24.8 Å². The Morgan fingerprint density at radius 2 is 1.88 bits per heavy atom. The largest absolute Gasteiger partial charge is 0.368 e. The first kappa shape index (κ1) is 8.69. The van der Waals surface area contributed by atoms with Crippen LogP contribution in [0, 0.1) is 0 Å². The number of rotatable bonds is 5. The van der Waals surface area contributed by atoms with Crippen LogP contribution >= 0.6 is 27.5 Å². The van der Waals surface area contributed by atoms with Crippen molar-refractivity contribution in [1.29, 1.82) is 0 Å². The first-order valence-electron chi connectivity index (χ1n) is 2.19. The molecule has 0 aromatic rings. The fourth-order valence-electron chi connectivity index (χ4n) is 0.227. The molecule has 0 atom stereocenters. The molecule has 50 valence electrons. The summed E-state index contributed by atoms with van der Waals surface area (Å²) in [6.07, 6.45) is 0. The van der Waals surface area contributed by atoms with Crippen molar-refractivity contribution < 1.29 is 9.47 Å². The maximum absolute atomic E-state index is 5.19.